The Morgan fingerprint density at radius 3 is 2.61 bits per heavy atom. The molecule has 2 heterocycles. The van der Waals surface area contributed by atoms with Crippen molar-refractivity contribution in [3.05, 3.63) is 95.8 Å². The first kappa shape index (κ1) is 20.9. The molecule has 4 rings (SSSR count). The lowest BCUT2D eigenvalue weighted by atomic mass is 10.1. The number of imidazole rings is 1. The lowest BCUT2D eigenvalue weighted by molar-refractivity contribution is -0.118. The number of carbonyl (C=O) groups excluding carboxylic acids is 1. The fraction of sp³-hybridized carbons (Fsp3) is 0.217. The van der Waals surface area contributed by atoms with Crippen molar-refractivity contribution in [2.45, 2.75) is 31.7 Å². The Bertz CT molecular complexity index is 1120. The molecule has 4 aromatic rings. The van der Waals surface area contributed by atoms with Gasteiger partial charge in [0.1, 0.15) is 5.82 Å². The molecule has 0 unspecified atom stereocenters. The molecule has 0 saturated heterocycles. The first-order valence-corrected chi connectivity index (χ1v) is 11.0. The number of aryl methyl sites for hydroxylation is 1. The minimum absolute atomic E-state index is 0.0306. The predicted molar refractivity (Wildman–Crippen MR) is 121 cm³/mol. The molecule has 0 atom stereocenters. The van der Waals surface area contributed by atoms with Gasteiger partial charge in [-0.2, -0.15) is 0 Å². The average Bonchev–Trinajstić information content (AvgIpc) is 3.42. The molecule has 0 aliphatic rings. The number of nitrogens with one attached hydrogen (secondary N) is 1. The fourth-order valence-electron chi connectivity index (χ4n) is 3.23. The van der Waals surface area contributed by atoms with Crippen molar-refractivity contribution < 1.29 is 4.79 Å². The van der Waals surface area contributed by atoms with Gasteiger partial charge < -0.3 is 14.5 Å². The molecule has 0 aliphatic carbocycles. The van der Waals surface area contributed by atoms with E-state index >= 15 is 0 Å². The van der Waals surface area contributed by atoms with E-state index in [4.69, 9.17) is 0 Å². The predicted octanol–water partition coefficient (Wildman–Crippen LogP) is 3.29. The van der Waals surface area contributed by atoms with Crippen LogP contribution in [-0.2, 0) is 24.4 Å². The Hall–Kier alpha value is -3.39. The van der Waals surface area contributed by atoms with Crippen LogP contribution >= 0.6 is 11.8 Å². The summed E-state index contributed by atoms with van der Waals surface area (Å²) in [5, 5.41) is 12.2. The third-order valence-electron chi connectivity index (χ3n) is 4.82. The van der Waals surface area contributed by atoms with Crippen molar-refractivity contribution >= 4 is 17.7 Å². The summed E-state index contributed by atoms with van der Waals surface area (Å²) in [6.07, 6.45) is 5.50. The molecule has 0 saturated carbocycles. The number of benzene rings is 2. The summed E-state index contributed by atoms with van der Waals surface area (Å²) >= 11 is 1.40. The molecule has 0 aliphatic heterocycles. The van der Waals surface area contributed by atoms with Gasteiger partial charge in [-0.1, -0.05) is 66.4 Å². The number of carbonyl (C=O) groups is 1. The van der Waals surface area contributed by atoms with Crippen molar-refractivity contribution in [1.82, 2.24) is 29.6 Å². The molecule has 7 nitrogen and oxygen atoms in total. The summed E-state index contributed by atoms with van der Waals surface area (Å²) in [6.45, 7) is 3.87. The Morgan fingerprint density at radius 1 is 1.00 bits per heavy atom. The summed E-state index contributed by atoms with van der Waals surface area (Å²) in [7, 11) is 0. The van der Waals surface area contributed by atoms with E-state index in [-0.39, 0.29) is 5.91 Å². The van der Waals surface area contributed by atoms with Crippen LogP contribution in [0, 0.1) is 6.92 Å². The Labute approximate surface area is 185 Å². The van der Waals surface area contributed by atoms with Crippen molar-refractivity contribution in [1.29, 1.82) is 0 Å². The summed E-state index contributed by atoms with van der Waals surface area (Å²) < 4.78 is 4.05. The van der Waals surface area contributed by atoms with Gasteiger partial charge in [-0.25, -0.2) is 4.98 Å². The van der Waals surface area contributed by atoms with Crippen molar-refractivity contribution in [3.63, 3.8) is 0 Å². The van der Waals surface area contributed by atoms with E-state index in [1.54, 1.807) is 12.5 Å². The van der Waals surface area contributed by atoms with Gasteiger partial charge in [0.2, 0.25) is 5.91 Å². The van der Waals surface area contributed by atoms with E-state index in [9.17, 15) is 4.79 Å². The molecular formula is C23H24N6OS. The third kappa shape index (κ3) is 5.82. The van der Waals surface area contributed by atoms with Crippen molar-refractivity contribution in [3.8, 4) is 0 Å². The fourth-order valence-corrected chi connectivity index (χ4v) is 4.04. The Morgan fingerprint density at radius 2 is 1.81 bits per heavy atom. The van der Waals surface area contributed by atoms with Crippen LogP contribution in [0.15, 0.2) is 78.5 Å². The van der Waals surface area contributed by atoms with Crippen LogP contribution < -0.4 is 5.32 Å². The molecule has 0 spiro atoms. The van der Waals surface area contributed by atoms with Gasteiger partial charge in [-0.15, -0.1) is 10.2 Å². The SMILES string of the molecule is Cc1nnc(SCC(=O)NCc2cccc(Cn3ccnc3)c2)n1Cc1ccccc1. The van der Waals surface area contributed by atoms with Gasteiger partial charge in [-0.3, -0.25) is 4.79 Å². The summed E-state index contributed by atoms with van der Waals surface area (Å²) in [5.74, 6) is 1.10. The van der Waals surface area contributed by atoms with Crippen molar-refractivity contribution in [2.75, 3.05) is 5.75 Å². The molecule has 1 N–H and O–H groups in total. The summed E-state index contributed by atoms with van der Waals surface area (Å²) in [4.78, 5) is 16.5. The highest BCUT2D eigenvalue weighted by Crippen LogP contribution is 2.18. The molecule has 0 bridgehead atoms. The van der Waals surface area contributed by atoms with E-state index in [1.165, 1.54) is 22.9 Å². The normalized spacial score (nSPS) is 10.9. The number of thioether (sulfide) groups is 1. The monoisotopic (exact) mass is 432 g/mol. The van der Waals surface area contributed by atoms with Gasteiger partial charge >= 0.3 is 0 Å². The smallest absolute Gasteiger partial charge is 0.230 e. The maximum atomic E-state index is 12.4. The first-order valence-electron chi connectivity index (χ1n) is 10.0. The molecule has 8 heteroatoms. The third-order valence-corrected chi connectivity index (χ3v) is 5.79. The largest absolute Gasteiger partial charge is 0.351 e. The lowest BCUT2D eigenvalue weighted by Crippen LogP contribution is -2.24. The van der Waals surface area contributed by atoms with E-state index in [0.29, 0.717) is 18.8 Å². The molecule has 2 aromatic carbocycles. The zero-order valence-corrected chi connectivity index (χ0v) is 18.1. The maximum Gasteiger partial charge on any atom is 0.230 e. The van der Waals surface area contributed by atoms with Crippen molar-refractivity contribution in [2.24, 2.45) is 0 Å². The summed E-state index contributed by atoms with van der Waals surface area (Å²) in [5.41, 5.74) is 3.41. The quantitative estimate of drug-likeness (QED) is 0.411. The van der Waals surface area contributed by atoms with Gasteiger partial charge in [0, 0.05) is 25.5 Å². The van der Waals surface area contributed by atoms with E-state index in [0.717, 1.165) is 23.1 Å². The summed E-state index contributed by atoms with van der Waals surface area (Å²) in [6, 6.07) is 18.4. The van der Waals surface area contributed by atoms with Crippen LogP contribution in [0.5, 0.6) is 0 Å². The Kier molecular flexibility index (Phi) is 6.78. The molecule has 158 valence electrons. The number of hydrogen-bond acceptors (Lipinski definition) is 5. The number of nitrogens with zero attached hydrogens (tertiary/aromatic N) is 5. The van der Waals surface area contributed by atoms with Gasteiger partial charge in [-0.05, 0) is 23.6 Å². The Balaban J connectivity index is 1.29. The average molecular weight is 433 g/mol. The minimum atomic E-state index is -0.0306. The van der Waals surface area contributed by atoms with Crippen LogP contribution in [0.25, 0.3) is 0 Å². The van der Waals surface area contributed by atoms with E-state index < -0.39 is 0 Å². The minimum Gasteiger partial charge on any atom is -0.351 e. The standard InChI is InChI=1S/C23H24N6OS/c1-18-26-27-23(29(18)15-19-6-3-2-4-7-19)31-16-22(30)25-13-20-8-5-9-21(12-20)14-28-11-10-24-17-28/h2-12,17H,13-16H2,1H3,(H,25,30). The highest BCUT2D eigenvalue weighted by Gasteiger charge is 2.12. The van der Waals surface area contributed by atoms with Gasteiger partial charge in [0.15, 0.2) is 5.16 Å². The molecule has 2 aromatic heterocycles. The van der Waals surface area contributed by atoms with Crippen LogP contribution in [0.3, 0.4) is 0 Å². The van der Waals surface area contributed by atoms with Gasteiger partial charge in [0.05, 0.1) is 18.6 Å². The topological polar surface area (TPSA) is 77.6 Å². The highest BCUT2D eigenvalue weighted by molar-refractivity contribution is 7.99. The van der Waals surface area contributed by atoms with E-state index in [1.807, 2.05) is 52.6 Å². The zero-order valence-electron chi connectivity index (χ0n) is 17.3. The molecule has 31 heavy (non-hydrogen) atoms. The number of hydrogen-bond donors (Lipinski definition) is 1. The first-order chi connectivity index (χ1) is 15.2. The highest BCUT2D eigenvalue weighted by atomic mass is 32.2. The second-order valence-electron chi connectivity index (χ2n) is 7.22. The maximum absolute atomic E-state index is 12.4. The zero-order chi connectivity index (χ0) is 21.5. The van der Waals surface area contributed by atoms with Crippen LogP contribution in [0.2, 0.25) is 0 Å². The van der Waals surface area contributed by atoms with E-state index in [2.05, 4.69) is 44.8 Å². The molecular weight excluding hydrogens is 408 g/mol. The molecule has 0 radical (unpaired) electrons. The molecule has 0 fully saturated rings. The van der Waals surface area contributed by atoms with Crippen LogP contribution in [-0.4, -0.2) is 36.0 Å². The second-order valence-corrected chi connectivity index (χ2v) is 8.16. The lowest BCUT2D eigenvalue weighted by Gasteiger charge is -2.09. The number of amides is 1. The number of rotatable bonds is 9. The van der Waals surface area contributed by atoms with Gasteiger partial charge in [0.25, 0.3) is 0 Å². The second kappa shape index (κ2) is 10.1. The van der Waals surface area contributed by atoms with Crippen LogP contribution in [0.1, 0.15) is 22.5 Å². The molecule has 1 amide bonds. The van der Waals surface area contributed by atoms with Crippen LogP contribution in [0.4, 0.5) is 0 Å². The number of aromatic nitrogens is 5.